The lowest BCUT2D eigenvalue weighted by Crippen LogP contribution is -2.14. The van der Waals surface area contributed by atoms with Gasteiger partial charge < -0.3 is 4.42 Å². The van der Waals surface area contributed by atoms with E-state index >= 15 is 0 Å². The van der Waals surface area contributed by atoms with Gasteiger partial charge in [0.25, 0.3) is 5.89 Å². The highest BCUT2D eigenvalue weighted by Gasteiger charge is 2.15. The Bertz CT molecular complexity index is 877. The Kier molecular flexibility index (Phi) is 4.65. The van der Waals surface area contributed by atoms with E-state index in [2.05, 4.69) is 34.5 Å². The number of aromatic nitrogens is 4. The maximum Gasteiger partial charge on any atom is 0.322 e. The summed E-state index contributed by atoms with van der Waals surface area (Å²) in [4.78, 5) is 12.2. The topological polar surface area (TPSA) is 85.8 Å². The molecule has 25 heavy (non-hydrogen) atoms. The van der Waals surface area contributed by atoms with Gasteiger partial charge in [-0.15, -0.1) is 5.10 Å². The molecule has 7 nitrogen and oxygen atoms in total. The van der Waals surface area contributed by atoms with Crippen molar-refractivity contribution in [2.75, 3.05) is 5.32 Å². The zero-order valence-electron chi connectivity index (χ0n) is 14.8. The average Bonchev–Trinajstić information content (AvgIpc) is 3.13. The van der Waals surface area contributed by atoms with Crippen LogP contribution in [0.25, 0.3) is 11.6 Å². The van der Waals surface area contributed by atoms with E-state index in [1.807, 2.05) is 37.3 Å². The minimum absolute atomic E-state index is 0.0812. The van der Waals surface area contributed by atoms with Crippen LogP contribution in [0.5, 0.6) is 0 Å². The van der Waals surface area contributed by atoms with E-state index in [9.17, 15) is 4.79 Å². The number of hydrogen-bond donors (Lipinski definition) is 1. The van der Waals surface area contributed by atoms with Crippen molar-refractivity contribution in [1.29, 1.82) is 0 Å². The molecule has 1 N–H and O–H groups in total. The highest BCUT2D eigenvalue weighted by atomic mass is 16.4. The van der Waals surface area contributed by atoms with Crippen molar-refractivity contribution in [2.45, 2.75) is 33.1 Å². The van der Waals surface area contributed by atoms with E-state index in [0.717, 1.165) is 11.3 Å². The number of nitrogens with zero attached hydrogens (tertiary/aromatic N) is 4. The number of carbonyl (C=O) groups is 1. The molecule has 0 aliphatic heterocycles. The first-order chi connectivity index (χ1) is 11.9. The quantitative estimate of drug-likeness (QED) is 0.772. The lowest BCUT2D eigenvalue weighted by molar-refractivity contribution is -0.115. The second-order valence-corrected chi connectivity index (χ2v) is 6.33. The molecule has 0 unspecified atom stereocenters. The van der Waals surface area contributed by atoms with Crippen molar-refractivity contribution >= 4 is 11.9 Å². The molecule has 3 rings (SSSR count). The minimum Gasteiger partial charge on any atom is -0.401 e. The molecule has 0 spiro atoms. The average molecular weight is 339 g/mol. The number of hydrogen-bond acceptors (Lipinski definition) is 5. The zero-order chi connectivity index (χ0) is 18.0. The summed E-state index contributed by atoms with van der Waals surface area (Å²) >= 11 is 0. The van der Waals surface area contributed by atoms with Gasteiger partial charge in [0, 0.05) is 7.05 Å². The van der Waals surface area contributed by atoms with Crippen molar-refractivity contribution in [3.63, 3.8) is 0 Å². The normalized spacial score (nSPS) is 11.1. The molecule has 0 atom stereocenters. The van der Waals surface area contributed by atoms with Crippen molar-refractivity contribution in [1.82, 2.24) is 20.0 Å². The molecule has 0 fully saturated rings. The summed E-state index contributed by atoms with van der Waals surface area (Å²) in [5, 5.41) is 14.7. The van der Waals surface area contributed by atoms with Gasteiger partial charge in [0.15, 0.2) is 0 Å². The third-order valence-corrected chi connectivity index (χ3v) is 3.90. The summed E-state index contributed by atoms with van der Waals surface area (Å²) in [7, 11) is 1.80. The molecule has 7 heteroatoms. The Morgan fingerprint density at radius 3 is 2.56 bits per heavy atom. The predicted octanol–water partition coefficient (Wildman–Crippen LogP) is 3.08. The van der Waals surface area contributed by atoms with Crippen LogP contribution in [0.3, 0.4) is 0 Å². The lowest BCUT2D eigenvalue weighted by Gasteiger charge is -2.06. The molecule has 3 aromatic rings. The third kappa shape index (κ3) is 3.93. The number of amides is 1. The number of aryl methyl sites for hydroxylation is 2. The first kappa shape index (κ1) is 16.9. The predicted molar refractivity (Wildman–Crippen MR) is 94.1 cm³/mol. The van der Waals surface area contributed by atoms with Crippen LogP contribution < -0.4 is 5.32 Å². The lowest BCUT2D eigenvalue weighted by atomic mass is 10.0. The number of anilines is 1. The van der Waals surface area contributed by atoms with Gasteiger partial charge in [-0.3, -0.25) is 14.8 Å². The molecule has 1 amide bonds. The largest absolute Gasteiger partial charge is 0.401 e. The van der Waals surface area contributed by atoms with Gasteiger partial charge in [0.2, 0.25) is 5.91 Å². The van der Waals surface area contributed by atoms with E-state index in [0.29, 0.717) is 17.5 Å². The SMILES string of the molecule is Cc1cc(-c2nnc(NC(=O)Cc3ccc(C(C)C)cc3)o2)n(C)n1. The fourth-order valence-corrected chi connectivity index (χ4v) is 2.56. The number of nitrogens with one attached hydrogen (secondary N) is 1. The highest BCUT2D eigenvalue weighted by Crippen LogP contribution is 2.20. The van der Waals surface area contributed by atoms with Gasteiger partial charge in [-0.25, -0.2) is 0 Å². The highest BCUT2D eigenvalue weighted by molar-refractivity contribution is 5.90. The van der Waals surface area contributed by atoms with Crippen molar-refractivity contribution in [3.8, 4) is 11.6 Å². The molecule has 0 aliphatic rings. The summed E-state index contributed by atoms with van der Waals surface area (Å²) in [5.41, 5.74) is 3.74. The molecule has 2 heterocycles. The van der Waals surface area contributed by atoms with Crippen LogP contribution in [-0.2, 0) is 18.3 Å². The van der Waals surface area contributed by atoms with E-state index in [1.165, 1.54) is 5.56 Å². The van der Waals surface area contributed by atoms with Crippen LogP contribution in [0.2, 0.25) is 0 Å². The third-order valence-electron chi connectivity index (χ3n) is 3.90. The van der Waals surface area contributed by atoms with E-state index in [-0.39, 0.29) is 18.3 Å². The maximum atomic E-state index is 12.2. The molecular formula is C18H21N5O2. The van der Waals surface area contributed by atoms with Crippen LogP contribution in [0.1, 0.15) is 36.6 Å². The zero-order valence-corrected chi connectivity index (χ0v) is 14.8. The summed E-state index contributed by atoms with van der Waals surface area (Å²) in [5.74, 6) is 0.587. The Labute approximate surface area is 146 Å². The van der Waals surface area contributed by atoms with Gasteiger partial charge in [-0.05, 0) is 30.0 Å². The van der Waals surface area contributed by atoms with Crippen molar-refractivity contribution in [3.05, 3.63) is 47.2 Å². The molecule has 0 aliphatic carbocycles. The molecule has 0 radical (unpaired) electrons. The monoisotopic (exact) mass is 339 g/mol. The summed E-state index contributed by atoms with van der Waals surface area (Å²) < 4.78 is 7.17. The number of benzene rings is 1. The molecule has 0 saturated carbocycles. The van der Waals surface area contributed by atoms with Gasteiger partial charge >= 0.3 is 6.01 Å². The molecule has 2 aromatic heterocycles. The van der Waals surface area contributed by atoms with E-state index in [1.54, 1.807) is 11.7 Å². The molecule has 0 saturated heterocycles. The maximum absolute atomic E-state index is 12.2. The van der Waals surface area contributed by atoms with Crippen LogP contribution in [0, 0.1) is 6.92 Å². The van der Waals surface area contributed by atoms with Crippen LogP contribution in [0.4, 0.5) is 6.01 Å². The van der Waals surface area contributed by atoms with Gasteiger partial charge in [0.05, 0.1) is 12.1 Å². The van der Waals surface area contributed by atoms with Gasteiger partial charge in [-0.1, -0.05) is 43.2 Å². The fraction of sp³-hybridized carbons (Fsp3) is 0.333. The van der Waals surface area contributed by atoms with Gasteiger partial charge in [0.1, 0.15) is 5.69 Å². The Balaban J connectivity index is 1.64. The second kappa shape index (κ2) is 6.88. The Morgan fingerprint density at radius 1 is 1.24 bits per heavy atom. The number of carbonyl (C=O) groups excluding carboxylic acids is 1. The van der Waals surface area contributed by atoms with Crippen molar-refractivity contribution in [2.24, 2.45) is 7.05 Å². The van der Waals surface area contributed by atoms with Gasteiger partial charge in [-0.2, -0.15) is 5.10 Å². The van der Waals surface area contributed by atoms with E-state index in [4.69, 9.17) is 4.42 Å². The van der Waals surface area contributed by atoms with Crippen LogP contribution in [-0.4, -0.2) is 25.9 Å². The Morgan fingerprint density at radius 2 is 1.96 bits per heavy atom. The van der Waals surface area contributed by atoms with Crippen molar-refractivity contribution < 1.29 is 9.21 Å². The first-order valence-corrected chi connectivity index (χ1v) is 8.15. The molecular weight excluding hydrogens is 318 g/mol. The molecule has 1 aromatic carbocycles. The molecule has 0 bridgehead atoms. The smallest absolute Gasteiger partial charge is 0.322 e. The minimum atomic E-state index is -0.200. The molecule has 130 valence electrons. The summed E-state index contributed by atoms with van der Waals surface area (Å²) in [6.07, 6.45) is 0.251. The van der Waals surface area contributed by atoms with Crippen LogP contribution in [0.15, 0.2) is 34.7 Å². The first-order valence-electron chi connectivity index (χ1n) is 8.15. The summed E-state index contributed by atoms with van der Waals surface area (Å²) in [6, 6.07) is 9.94. The summed E-state index contributed by atoms with van der Waals surface area (Å²) in [6.45, 7) is 6.16. The van der Waals surface area contributed by atoms with E-state index < -0.39 is 0 Å². The standard InChI is InChI=1S/C18H21N5O2/c1-11(2)14-7-5-13(6-8-14)10-16(24)19-18-21-20-17(25-18)15-9-12(3)22-23(15)4/h5-9,11H,10H2,1-4H3,(H,19,21,24). The Hall–Kier alpha value is -2.96. The second-order valence-electron chi connectivity index (χ2n) is 6.33. The fourth-order valence-electron chi connectivity index (χ4n) is 2.56. The van der Waals surface area contributed by atoms with Crippen LogP contribution >= 0.6 is 0 Å². The number of rotatable bonds is 5.